The second kappa shape index (κ2) is 23.3. The lowest BCUT2D eigenvalue weighted by molar-refractivity contribution is 0.497. The van der Waals surface area contributed by atoms with Crippen LogP contribution >= 0.6 is 0 Å². The van der Waals surface area contributed by atoms with Crippen LogP contribution in [0.3, 0.4) is 0 Å². The van der Waals surface area contributed by atoms with Crippen LogP contribution in [0.15, 0.2) is 0 Å². The third kappa shape index (κ3) is 26.0. The molecule has 28 heavy (non-hydrogen) atoms. The van der Waals surface area contributed by atoms with Gasteiger partial charge < -0.3 is 0 Å². The van der Waals surface area contributed by atoms with Crippen molar-refractivity contribution in [1.29, 1.82) is 0 Å². The number of rotatable bonds is 23. The van der Waals surface area contributed by atoms with Crippen LogP contribution in [0.4, 0.5) is 0 Å². The molecular formula is C28H58. The minimum Gasteiger partial charge on any atom is -0.0628 e. The summed E-state index contributed by atoms with van der Waals surface area (Å²) in [5.74, 6) is 1.79. The number of hydrogen-bond donors (Lipinski definition) is 0. The van der Waals surface area contributed by atoms with E-state index >= 15 is 0 Å². The average molecular weight is 395 g/mol. The lowest BCUT2D eigenvalue weighted by Gasteiger charge is -2.05. The fraction of sp³-hybridized carbons (Fsp3) is 1.00. The SMILES string of the molecule is CC(C)CCCCCCCCCCCCCCCCCCCCCCC(C)C. The summed E-state index contributed by atoms with van der Waals surface area (Å²) >= 11 is 0. The molecule has 0 N–H and O–H groups in total. The van der Waals surface area contributed by atoms with Crippen molar-refractivity contribution in [2.45, 2.75) is 169 Å². The van der Waals surface area contributed by atoms with Gasteiger partial charge >= 0.3 is 0 Å². The Hall–Kier alpha value is 0. The lowest BCUT2D eigenvalue weighted by Crippen LogP contribution is -1.87. The zero-order valence-electron chi connectivity index (χ0n) is 20.7. The summed E-state index contributed by atoms with van der Waals surface area (Å²) in [6.45, 7) is 9.38. The molecule has 0 unspecified atom stereocenters. The molecule has 0 spiro atoms. The van der Waals surface area contributed by atoms with Crippen molar-refractivity contribution in [3.63, 3.8) is 0 Å². The van der Waals surface area contributed by atoms with Gasteiger partial charge in [0.25, 0.3) is 0 Å². The first-order valence-corrected chi connectivity index (χ1v) is 13.6. The standard InChI is InChI=1S/C28H58/c1-27(2)25-23-21-19-17-15-13-11-9-7-5-6-8-10-12-14-16-18-20-22-24-26-28(3)4/h27-28H,5-26H2,1-4H3. The normalized spacial score (nSPS) is 11.8. The fourth-order valence-electron chi connectivity index (χ4n) is 4.29. The molecular weight excluding hydrogens is 336 g/mol. The molecule has 0 radical (unpaired) electrons. The predicted octanol–water partition coefficient (Wildman–Crippen LogP) is 10.9. The summed E-state index contributed by atoms with van der Waals surface area (Å²) in [4.78, 5) is 0. The summed E-state index contributed by atoms with van der Waals surface area (Å²) in [6.07, 6.45) is 32.5. The molecule has 0 amide bonds. The van der Waals surface area contributed by atoms with Crippen LogP contribution in [0.2, 0.25) is 0 Å². The summed E-state index contributed by atoms with van der Waals surface area (Å²) in [5.41, 5.74) is 0. The first kappa shape index (κ1) is 28.0. The minimum absolute atomic E-state index is 0.897. The summed E-state index contributed by atoms with van der Waals surface area (Å²) in [7, 11) is 0. The highest BCUT2D eigenvalue weighted by molar-refractivity contribution is 4.52. The molecule has 0 atom stereocenters. The second-order valence-electron chi connectivity index (χ2n) is 10.4. The Balaban J connectivity index is 3.00. The van der Waals surface area contributed by atoms with Crippen molar-refractivity contribution >= 4 is 0 Å². The first-order chi connectivity index (χ1) is 13.6. The van der Waals surface area contributed by atoms with Gasteiger partial charge in [-0.1, -0.05) is 169 Å². The smallest absolute Gasteiger partial charge is 0.0471 e. The van der Waals surface area contributed by atoms with E-state index in [0.717, 1.165) is 11.8 Å². The van der Waals surface area contributed by atoms with Gasteiger partial charge in [-0.3, -0.25) is 0 Å². The Labute approximate surface area is 181 Å². The molecule has 0 aromatic rings. The Morgan fingerprint density at radius 1 is 0.250 bits per heavy atom. The van der Waals surface area contributed by atoms with E-state index in [1.165, 1.54) is 141 Å². The zero-order valence-corrected chi connectivity index (χ0v) is 20.7. The highest BCUT2D eigenvalue weighted by atomic mass is 14.0. The Morgan fingerprint density at radius 3 is 0.536 bits per heavy atom. The van der Waals surface area contributed by atoms with Crippen LogP contribution in [0, 0.1) is 11.8 Å². The highest BCUT2D eigenvalue weighted by Gasteiger charge is 1.97. The molecule has 0 aromatic heterocycles. The van der Waals surface area contributed by atoms with Crippen molar-refractivity contribution in [2.24, 2.45) is 11.8 Å². The molecule has 0 aliphatic rings. The quantitative estimate of drug-likeness (QED) is 0.151. The molecule has 0 aromatic carbocycles. The van der Waals surface area contributed by atoms with E-state index < -0.39 is 0 Å². The van der Waals surface area contributed by atoms with Gasteiger partial charge in [0.2, 0.25) is 0 Å². The van der Waals surface area contributed by atoms with E-state index in [1.54, 1.807) is 0 Å². The van der Waals surface area contributed by atoms with E-state index in [1.807, 2.05) is 0 Å². The van der Waals surface area contributed by atoms with E-state index in [0.29, 0.717) is 0 Å². The van der Waals surface area contributed by atoms with E-state index in [9.17, 15) is 0 Å². The maximum absolute atomic E-state index is 2.34. The van der Waals surface area contributed by atoms with Gasteiger partial charge in [-0.15, -0.1) is 0 Å². The molecule has 0 saturated heterocycles. The third-order valence-electron chi connectivity index (χ3n) is 6.31. The fourth-order valence-corrected chi connectivity index (χ4v) is 4.29. The maximum atomic E-state index is 2.34. The van der Waals surface area contributed by atoms with E-state index in [-0.39, 0.29) is 0 Å². The van der Waals surface area contributed by atoms with Crippen LogP contribution in [-0.4, -0.2) is 0 Å². The summed E-state index contributed by atoms with van der Waals surface area (Å²) in [5, 5.41) is 0. The Bertz CT molecular complexity index is 237. The van der Waals surface area contributed by atoms with Crippen LogP contribution in [-0.2, 0) is 0 Å². The van der Waals surface area contributed by atoms with Crippen molar-refractivity contribution in [3.05, 3.63) is 0 Å². The number of hydrogen-bond acceptors (Lipinski definition) is 0. The van der Waals surface area contributed by atoms with Crippen LogP contribution in [0.1, 0.15) is 169 Å². The molecule has 0 saturated carbocycles. The molecule has 0 aliphatic heterocycles. The van der Waals surface area contributed by atoms with Crippen LogP contribution < -0.4 is 0 Å². The Morgan fingerprint density at radius 2 is 0.393 bits per heavy atom. The van der Waals surface area contributed by atoms with E-state index in [2.05, 4.69) is 27.7 Å². The summed E-state index contributed by atoms with van der Waals surface area (Å²) < 4.78 is 0. The monoisotopic (exact) mass is 394 g/mol. The minimum atomic E-state index is 0.897. The highest BCUT2D eigenvalue weighted by Crippen LogP contribution is 2.16. The topological polar surface area (TPSA) is 0 Å². The van der Waals surface area contributed by atoms with Gasteiger partial charge in [0.1, 0.15) is 0 Å². The van der Waals surface area contributed by atoms with Crippen molar-refractivity contribution < 1.29 is 0 Å². The van der Waals surface area contributed by atoms with E-state index in [4.69, 9.17) is 0 Å². The maximum Gasteiger partial charge on any atom is -0.0471 e. The molecule has 0 rings (SSSR count). The lowest BCUT2D eigenvalue weighted by atomic mass is 10.0. The van der Waals surface area contributed by atoms with Crippen LogP contribution in [0.25, 0.3) is 0 Å². The Kier molecular flexibility index (Phi) is 23.3. The summed E-state index contributed by atoms with van der Waals surface area (Å²) in [6, 6.07) is 0. The van der Waals surface area contributed by atoms with Gasteiger partial charge in [-0.2, -0.15) is 0 Å². The molecule has 0 bridgehead atoms. The van der Waals surface area contributed by atoms with Gasteiger partial charge in [0.05, 0.1) is 0 Å². The zero-order chi connectivity index (χ0) is 20.7. The van der Waals surface area contributed by atoms with Gasteiger partial charge in [-0.25, -0.2) is 0 Å². The van der Waals surface area contributed by atoms with Gasteiger partial charge in [-0.05, 0) is 11.8 Å². The molecule has 0 aliphatic carbocycles. The first-order valence-electron chi connectivity index (χ1n) is 13.6. The second-order valence-corrected chi connectivity index (χ2v) is 10.4. The average Bonchev–Trinajstić information content (AvgIpc) is 2.65. The number of unbranched alkanes of at least 4 members (excludes halogenated alkanes) is 19. The largest absolute Gasteiger partial charge is 0.0628 e. The van der Waals surface area contributed by atoms with Crippen molar-refractivity contribution in [2.75, 3.05) is 0 Å². The molecule has 0 heterocycles. The van der Waals surface area contributed by atoms with Crippen molar-refractivity contribution in [3.8, 4) is 0 Å². The molecule has 170 valence electrons. The predicted molar refractivity (Wildman–Crippen MR) is 131 cm³/mol. The van der Waals surface area contributed by atoms with Gasteiger partial charge in [0.15, 0.2) is 0 Å². The van der Waals surface area contributed by atoms with Crippen LogP contribution in [0.5, 0.6) is 0 Å². The van der Waals surface area contributed by atoms with Crippen molar-refractivity contribution in [1.82, 2.24) is 0 Å². The molecule has 0 heteroatoms. The third-order valence-corrected chi connectivity index (χ3v) is 6.31. The van der Waals surface area contributed by atoms with Gasteiger partial charge in [0, 0.05) is 0 Å². The molecule has 0 fully saturated rings. The molecule has 0 nitrogen and oxygen atoms in total.